The van der Waals surface area contributed by atoms with Gasteiger partial charge in [-0.05, 0) is 24.3 Å². The summed E-state index contributed by atoms with van der Waals surface area (Å²) in [5.41, 5.74) is 2.03. The lowest BCUT2D eigenvalue weighted by molar-refractivity contribution is -0.118. The van der Waals surface area contributed by atoms with Crippen molar-refractivity contribution < 1.29 is 4.79 Å². The van der Waals surface area contributed by atoms with Gasteiger partial charge >= 0.3 is 0 Å². The Labute approximate surface area is 173 Å². The summed E-state index contributed by atoms with van der Waals surface area (Å²) in [6.45, 7) is 0. The summed E-state index contributed by atoms with van der Waals surface area (Å²) < 4.78 is 0. The van der Waals surface area contributed by atoms with Gasteiger partial charge in [0.2, 0.25) is 0 Å². The lowest BCUT2D eigenvalue weighted by atomic mass is 10.2. The van der Waals surface area contributed by atoms with Crippen molar-refractivity contribution in [2.24, 2.45) is 0 Å². The molecule has 0 aliphatic carbocycles. The fourth-order valence-corrected chi connectivity index (χ4v) is 5.12. The van der Waals surface area contributed by atoms with E-state index in [1.165, 1.54) is 0 Å². The van der Waals surface area contributed by atoms with E-state index in [0.717, 1.165) is 43.1 Å². The first-order valence-corrected chi connectivity index (χ1v) is 11.2. The van der Waals surface area contributed by atoms with Crippen molar-refractivity contribution in [2.75, 3.05) is 11.5 Å². The van der Waals surface area contributed by atoms with Gasteiger partial charge < -0.3 is 0 Å². The number of Topliss-reactive ketones (excluding diaryl/α,β-unsaturated/α-hetero) is 1. The largest absolute Gasteiger partial charge is 0.300 e. The second kappa shape index (κ2) is 9.22. The molecule has 0 aliphatic rings. The Morgan fingerprint density at radius 1 is 0.679 bits per heavy atom. The van der Waals surface area contributed by atoms with Gasteiger partial charge in [-0.1, -0.05) is 36.4 Å². The number of fused-ring (bicyclic) bond motifs is 2. The molecule has 0 N–H and O–H groups in total. The van der Waals surface area contributed by atoms with Crippen LogP contribution in [0.4, 0.5) is 0 Å². The van der Waals surface area contributed by atoms with E-state index < -0.39 is 0 Å². The maximum absolute atomic E-state index is 12.3. The molecule has 0 fully saturated rings. The van der Waals surface area contributed by atoms with Crippen LogP contribution in [0.15, 0.2) is 82.8 Å². The Kier molecular flexibility index (Phi) is 6.24. The smallest absolute Gasteiger partial charge is 0.134 e. The van der Waals surface area contributed by atoms with Crippen molar-refractivity contribution in [1.29, 1.82) is 0 Å². The highest BCUT2D eigenvalue weighted by molar-refractivity contribution is 7.99. The molecule has 0 unspecified atom stereocenters. The lowest BCUT2D eigenvalue weighted by Gasteiger charge is -2.06. The van der Waals surface area contributed by atoms with Crippen LogP contribution in [0, 0.1) is 0 Å². The predicted molar refractivity (Wildman–Crippen MR) is 119 cm³/mol. The van der Waals surface area contributed by atoms with E-state index in [1.807, 2.05) is 36.7 Å². The van der Waals surface area contributed by atoms with E-state index in [4.69, 9.17) is 0 Å². The van der Waals surface area contributed by atoms with Gasteiger partial charge in [-0.2, -0.15) is 0 Å². The van der Waals surface area contributed by atoms with Crippen molar-refractivity contribution >= 4 is 51.1 Å². The summed E-state index contributed by atoms with van der Waals surface area (Å²) in [6.07, 6.45) is 4.80. The molecular weight excluding hydrogens is 384 g/mol. The number of benzene rings is 2. The van der Waals surface area contributed by atoms with Crippen LogP contribution in [0.5, 0.6) is 0 Å². The molecule has 4 rings (SSSR count). The third kappa shape index (κ3) is 4.54. The number of aromatic nitrogens is 2. The summed E-state index contributed by atoms with van der Waals surface area (Å²) in [4.78, 5) is 23.5. The maximum atomic E-state index is 12.3. The molecule has 5 heteroatoms. The maximum Gasteiger partial charge on any atom is 0.134 e. The van der Waals surface area contributed by atoms with E-state index in [1.54, 1.807) is 23.5 Å². The van der Waals surface area contributed by atoms with Gasteiger partial charge in [-0.3, -0.25) is 14.8 Å². The monoisotopic (exact) mass is 404 g/mol. The van der Waals surface area contributed by atoms with E-state index in [2.05, 4.69) is 46.4 Å². The normalized spacial score (nSPS) is 11.1. The Hall–Kier alpha value is -2.37. The number of nitrogens with zero attached hydrogens (tertiary/aromatic N) is 2. The molecule has 3 nitrogen and oxygen atoms in total. The molecule has 0 radical (unpaired) electrons. The van der Waals surface area contributed by atoms with Crippen molar-refractivity contribution in [1.82, 2.24) is 9.97 Å². The Morgan fingerprint density at radius 3 is 1.64 bits per heavy atom. The minimum atomic E-state index is 0.307. The highest BCUT2D eigenvalue weighted by atomic mass is 32.2. The zero-order valence-electron chi connectivity index (χ0n) is 15.4. The summed E-state index contributed by atoms with van der Waals surface area (Å²) >= 11 is 3.42. The lowest BCUT2D eigenvalue weighted by Crippen LogP contribution is -2.01. The zero-order chi connectivity index (χ0) is 19.2. The molecule has 2 aromatic carbocycles. The van der Waals surface area contributed by atoms with Gasteiger partial charge in [0, 0.05) is 57.3 Å². The second-order valence-corrected chi connectivity index (χ2v) is 8.67. The average molecular weight is 405 g/mol. The predicted octanol–water partition coefficient (Wildman–Crippen LogP) is 6.02. The molecule has 0 aliphatic heterocycles. The quantitative estimate of drug-likeness (QED) is 0.336. The van der Waals surface area contributed by atoms with Crippen molar-refractivity contribution in [3.05, 3.63) is 73.1 Å². The summed E-state index contributed by atoms with van der Waals surface area (Å²) in [5.74, 6) is 1.88. The van der Waals surface area contributed by atoms with Crippen molar-refractivity contribution in [3.8, 4) is 0 Å². The molecule has 2 aromatic heterocycles. The van der Waals surface area contributed by atoms with E-state index >= 15 is 0 Å². The molecule has 28 heavy (non-hydrogen) atoms. The van der Waals surface area contributed by atoms with Gasteiger partial charge in [-0.25, -0.2) is 0 Å². The Balaban J connectivity index is 1.27. The standard InChI is InChI=1S/C23H20N2OS2/c26-19(11-15-27-20-9-1-5-17-7-3-13-24-22(17)20)12-16-28-21-10-2-6-18-8-4-14-25-23(18)21/h1-10,13-14H,11-12,15-16H2. The highest BCUT2D eigenvalue weighted by Gasteiger charge is 2.07. The first-order valence-electron chi connectivity index (χ1n) is 9.26. The number of ketones is 1. The summed E-state index contributed by atoms with van der Waals surface area (Å²) in [7, 11) is 0. The van der Waals surface area contributed by atoms with E-state index in [9.17, 15) is 4.79 Å². The summed E-state index contributed by atoms with van der Waals surface area (Å²) in [6, 6.07) is 20.4. The highest BCUT2D eigenvalue weighted by Crippen LogP contribution is 2.28. The SMILES string of the molecule is O=C(CCSc1cccc2cccnc12)CCSc1cccc2cccnc12. The van der Waals surface area contributed by atoms with Crippen LogP contribution >= 0.6 is 23.5 Å². The van der Waals surface area contributed by atoms with Crippen LogP contribution in [0.1, 0.15) is 12.8 Å². The van der Waals surface area contributed by atoms with Gasteiger partial charge in [-0.15, -0.1) is 23.5 Å². The van der Waals surface area contributed by atoms with Crippen LogP contribution in [0.25, 0.3) is 21.8 Å². The first-order chi connectivity index (χ1) is 13.8. The van der Waals surface area contributed by atoms with Crippen molar-refractivity contribution in [3.63, 3.8) is 0 Å². The summed E-state index contributed by atoms with van der Waals surface area (Å²) in [5, 5.41) is 2.28. The number of thioether (sulfide) groups is 2. The molecule has 0 saturated carbocycles. The van der Waals surface area contributed by atoms with Crippen molar-refractivity contribution in [2.45, 2.75) is 22.6 Å². The molecule has 0 atom stereocenters. The van der Waals surface area contributed by atoms with Crippen LogP contribution in [0.2, 0.25) is 0 Å². The Morgan fingerprint density at radius 2 is 1.14 bits per heavy atom. The number of carbonyl (C=O) groups excluding carboxylic acids is 1. The molecule has 140 valence electrons. The molecule has 0 saturated heterocycles. The first kappa shape index (κ1) is 19.0. The minimum absolute atomic E-state index is 0.307. The number of pyridine rings is 2. The van der Waals surface area contributed by atoms with Gasteiger partial charge in [0.05, 0.1) is 11.0 Å². The third-order valence-electron chi connectivity index (χ3n) is 4.47. The van der Waals surface area contributed by atoms with Crippen LogP contribution < -0.4 is 0 Å². The molecule has 0 bridgehead atoms. The number of carbonyl (C=O) groups is 1. The minimum Gasteiger partial charge on any atom is -0.300 e. The van der Waals surface area contributed by atoms with Gasteiger partial charge in [0.1, 0.15) is 5.78 Å². The molecule has 2 heterocycles. The fraction of sp³-hybridized carbons (Fsp3) is 0.174. The van der Waals surface area contributed by atoms with Gasteiger partial charge in [0.15, 0.2) is 0 Å². The number of rotatable bonds is 8. The molecule has 0 spiro atoms. The van der Waals surface area contributed by atoms with Crippen LogP contribution in [-0.4, -0.2) is 27.3 Å². The fourth-order valence-electron chi connectivity index (χ4n) is 3.06. The molecule has 4 aromatic rings. The second-order valence-electron chi connectivity index (χ2n) is 6.40. The van der Waals surface area contributed by atoms with E-state index in [0.29, 0.717) is 18.6 Å². The third-order valence-corrected chi connectivity index (χ3v) is 6.57. The number of para-hydroxylation sites is 2. The van der Waals surface area contributed by atoms with Crippen LogP contribution in [0.3, 0.4) is 0 Å². The number of hydrogen-bond donors (Lipinski definition) is 0. The molecular formula is C23H20N2OS2. The van der Waals surface area contributed by atoms with Gasteiger partial charge in [0.25, 0.3) is 0 Å². The van der Waals surface area contributed by atoms with Crippen LogP contribution in [-0.2, 0) is 4.79 Å². The number of hydrogen-bond acceptors (Lipinski definition) is 5. The topological polar surface area (TPSA) is 42.9 Å². The Bertz CT molecular complexity index is 1020. The van der Waals surface area contributed by atoms with E-state index in [-0.39, 0.29) is 0 Å². The average Bonchev–Trinajstić information content (AvgIpc) is 2.74. The molecule has 0 amide bonds. The zero-order valence-corrected chi connectivity index (χ0v) is 17.0.